The maximum atomic E-state index is 11.2. The van der Waals surface area contributed by atoms with Crippen LogP contribution in [0.1, 0.15) is 40.5 Å². The lowest BCUT2D eigenvalue weighted by Crippen LogP contribution is -2.18. The molecule has 8 heteroatoms. The minimum Gasteiger partial charge on any atom is -0.397 e. The molecular weight excluding hydrogens is 344 g/mol. The molecule has 0 aliphatic rings. The third-order valence-electron chi connectivity index (χ3n) is 4.20. The number of nitrogens with one attached hydrogen (secondary N) is 2. The first-order valence-electron chi connectivity index (χ1n) is 8.67. The fraction of sp³-hybridized carbons (Fsp3) is 0.263. The van der Waals surface area contributed by atoms with Crippen molar-refractivity contribution in [2.75, 3.05) is 28.6 Å². The topological polar surface area (TPSA) is 162 Å². The normalized spacial score (nSPS) is 11.6. The molecule has 0 spiro atoms. The molecule has 2 rings (SSSR count). The summed E-state index contributed by atoms with van der Waals surface area (Å²) in [6, 6.07) is 10.1. The van der Waals surface area contributed by atoms with Crippen LogP contribution in [0.2, 0.25) is 0 Å². The standard InChI is InChI=1S/C19H26N6O2/c1-11(25-17-7-5-13(19(23)27)10-15(17)21)3-2-8-24-16-6-4-12(18(22)26)9-14(16)20/h4-7,9-11,24-25H,2-3,8,20-21H2,1H3,(H2,22,26)(H2,23,27). The van der Waals surface area contributed by atoms with E-state index in [1.165, 1.54) is 0 Å². The summed E-state index contributed by atoms with van der Waals surface area (Å²) in [7, 11) is 0. The Morgan fingerprint density at radius 3 is 1.93 bits per heavy atom. The Labute approximate surface area is 158 Å². The number of amides is 2. The van der Waals surface area contributed by atoms with E-state index in [1.54, 1.807) is 36.4 Å². The molecule has 0 radical (unpaired) electrons. The van der Waals surface area contributed by atoms with Gasteiger partial charge in [0.25, 0.3) is 0 Å². The fourth-order valence-electron chi connectivity index (χ4n) is 2.69. The molecule has 8 nitrogen and oxygen atoms in total. The molecule has 0 aliphatic carbocycles. The minimum absolute atomic E-state index is 0.183. The summed E-state index contributed by atoms with van der Waals surface area (Å²) in [5.74, 6) is -1.01. The maximum absolute atomic E-state index is 11.2. The largest absolute Gasteiger partial charge is 0.397 e. The van der Waals surface area contributed by atoms with Gasteiger partial charge in [0.05, 0.1) is 22.7 Å². The maximum Gasteiger partial charge on any atom is 0.248 e. The summed E-state index contributed by atoms with van der Waals surface area (Å²) in [5, 5.41) is 6.57. The van der Waals surface area contributed by atoms with Gasteiger partial charge in [0, 0.05) is 23.7 Å². The first-order chi connectivity index (χ1) is 12.8. The molecule has 2 aromatic rings. The first kappa shape index (κ1) is 19.9. The van der Waals surface area contributed by atoms with Crippen LogP contribution in [-0.2, 0) is 0 Å². The number of carbonyl (C=O) groups excluding carboxylic acids is 2. The Kier molecular flexibility index (Phi) is 6.48. The lowest BCUT2D eigenvalue weighted by molar-refractivity contribution is 0.0992. The predicted molar refractivity (Wildman–Crippen MR) is 110 cm³/mol. The van der Waals surface area contributed by atoms with Gasteiger partial charge in [-0.25, -0.2) is 0 Å². The zero-order valence-electron chi connectivity index (χ0n) is 15.3. The Morgan fingerprint density at radius 1 is 0.926 bits per heavy atom. The van der Waals surface area contributed by atoms with Crippen LogP contribution in [0, 0.1) is 0 Å². The Morgan fingerprint density at radius 2 is 1.44 bits per heavy atom. The van der Waals surface area contributed by atoms with Gasteiger partial charge in [-0.05, 0) is 56.2 Å². The molecule has 1 atom stereocenters. The molecule has 0 aliphatic heterocycles. The molecule has 0 aromatic heterocycles. The van der Waals surface area contributed by atoms with Crippen molar-refractivity contribution in [3.8, 4) is 0 Å². The van der Waals surface area contributed by atoms with Crippen LogP contribution in [0.5, 0.6) is 0 Å². The van der Waals surface area contributed by atoms with Crippen LogP contribution in [-0.4, -0.2) is 24.4 Å². The summed E-state index contributed by atoms with van der Waals surface area (Å²) in [6.45, 7) is 2.78. The monoisotopic (exact) mass is 370 g/mol. The number of nitrogen functional groups attached to an aromatic ring is 2. The zero-order chi connectivity index (χ0) is 20.0. The molecule has 1 unspecified atom stereocenters. The highest BCUT2D eigenvalue weighted by Crippen LogP contribution is 2.22. The number of hydrogen-bond donors (Lipinski definition) is 6. The van der Waals surface area contributed by atoms with E-state index < -0.39 is 11.8 Å². The molecule has 2 aromatic carbocycles. The smallest absolute Gasteiger partial charge is 0.248 e. The van der Waals surface area contributed by atoms with Gasteiger partial charge in [0.1, 0.15) is 0 Å². The fourth-order valence-corrected chi connectivity index (χ4v) is 2.69. The number of benzene rings is 2. The molecule has 0 saturated heterocycles. The minimum atomic E-state index is -0.504. The molecule has 144 valence electrons. The van der Waals surface area contributed by atoms with Crippen LogP contribution in [0.25, 0.3) is 0 Å². The molecule has 27 heavy (non-hydrogen) atoms. The average molecular weight is 370 g/mol. The third kappa shape index (κ3) is 5.53. The number of primary amides is 2. The number of hydrogen-bond acceptors (Lipinski definition) is 6. The van der Waals surface area contributed by atoms with E-state index in [0.717, 1.165) is 30.8 Å². The van der Waals surface area contributed by atoms with Gasteiger partial charge in [-0.2, -0.15) is 0 Å². The SMILES string of the molecule is CC(CCCNc1ccc(C(N)=O)cc1N)Nc1ccc(C(N)=O)cc1N. The second kappa shape index (κ2) is 8.79. The van der Waals surface area contributed by atoms with E-state index in [0.29, 0.717) is 22.5 Å². The molecule has 10 N–H and O–H groups in total. The lowest BCUT2D eigenvalue weighted by Gasteiger charge is -2.17. The van der Waals surface area contributed by atoms with Crippen molar-refractivity contribution in [2.45, 2.75) is 25.8 Å². The summed E-state index contributed by atoms with van der Waals surface area (Å²) in [5.41, 5.74) is 25.6. The van der Waals surface area contributed by atoms with E-state index >= 15 is 0 Å². The highest BCUT2D eigenvalue weighted by Gasteiger charge is 2.08. The average Bonchev–Trinajstić information content (AvgIpc) is 2.61. The van der Waals surface area contributed by atoms with E-state index in [2.05, 4.69) is 17.6 Å². The summed E-state index contributed by atoms with van der Waals surface area (Å²) in [6.07, 6.45) is 1.79. The van der Waals surface area contributed by atoms with Gasteiger partial charge in [0.2, 0.25) is 11.8 Å². The quantitative estimate of drug-likeness (QED) is 0.291. The van der Waals surface area contributed by atoms with Gasteiger partial charge < -0.3 is 33.6 Å². The number of carbonyl (C=O) groups is 2. The van der Waals surface area contributed by atoms with Crippen LogP contribution in [0.4, 0.5) is 22.7 Å². The third-order valence-corrected chi connectivity index (χ3v) is 4.20. The van der Waals surface area contributed by atoms with Gasteiger partial charge in [-0.15, -0.1) is 0 Å². The van der Waals surface area contributed by atoms with E-state index in [9.17, 15) is 9.59 Å². The molecule has 0 fully saturated rings. The predicted octanol–water partition coefficient (Wildman–Crippen LogP) is 1.74. The van der Waals surface area contributed by atoms with Crippen LogP contribution >= 0.6 is 0 Å². The molecule has 0 saturated carbocycles. The van der Waals surface area contributed by atoms with Crippen molar-refractivity contribution < 1.29 is 9.59 Å². The van der Waals surface area contributed by atoms with Gasteiger partial charge >= 0.3 is 0 Å². The van der Waals surface area contributed by atoms with Gasteiger partial charge in [-0.3, -0.25) is 9.59 Å². The van der Waals surface area contributed by atoms with E-state index in [1.807, 2.05) is 0 Å². The Balaban J connectivity index is 1.80. The van der Waals surface area contributed by atoms with Crippen LogP contribution in [0.3, 0.4) is 0 Å². The number of nitrogens with two attached hydrogens (primary N) is 4. The van der Waals surface area contributed by atoms with Crippen LogP contribution < -0.4 is 33.6 Å². The van der Waals surface area contributed by atoms with Crippen molar-refractivity contribution in [3.05, 3.63) is 47.5 Å². The number of rotatable bonds is 9. The van der Waals surface area contributed by atoms with Crippen molar-refractivity contribution in [1.29, 1.82) is 0 Å². The molecule has 0 heterocycles. The second-order valence-electron chi connectivity index (χ2n) is 6.45. The van der Waals surface area contributed by atoms with Crippen molar-refractivity contribution >= 4 is 34.6 Å². The number of anilines is 4. The zero-order valence-corrected chi connectivity index (χ0v) is 15.3. The van der Waals surface area contributed by atoms with E-state index in [4.69, 9.17) is 22.9 Å². The highest BCUT2D eigenvalue weighted by molar-refractivity contribution is 5.95. The lowest BCUT2D eigenvalue weighted by atomic mass is 10.1. The van der Waals surface area contributed by atoms with E-state index in [-0.39, 0.29) is 6.04 Å². The molecular formula is C19H26N6O2. The molecule has 0 bridgehead atoms. The Hall–Kier alpha value is -3.42. The second-order valence-corrected chi connectivity index (χ2v) is 6.45. The Bertz CT molecular complexity index is 837. The van der Waals surface area contributed by atoms with Crippen molar-refractivity contribution in [2.24, 2.45) is 11.5 Å². The summed E-state index contributed by atoms with van der Waals surface area (Å²) in [4.78, 5) is 22.3. The van der Waals surface area contributed by atoms with Gasteiger partial charge in [-0.1, -0.05) is 0 Å². The highest BCUT2D eigenvalue weighted by atomic mass is 16.1. The van der Waals surface area contributed by atoms with Crippen molar-refractivity contribution in [3.63, 3.8) is 0 Å². The van der Waals surface area contributed by atoms with Crippen LogP contribution in [0.15, 0.2) is 36.4 Å². The summed E-state index contributed by atoms with van der Waals surface area (Å²) < 4.78 is 0. The summed E-state index contributed by atoms with van der Waals surface area (Å²) >= 11 is 0. The van der Waals surface area contributed by atoms with Crippen molar-refractivity contribution in [1.82, 2.24) is 0 Å². The first-order valence-corrected chi connectivity index (χ1v) is 8.67. The molecule has 2 amide bonds. The van der Waals surface area contributed by atoms with Gasteiger partial charge in [0.15, 0.2) is 0 Å².